The minimum Gasteiger partial charge on any atom is -0.358 e. The molecule has 2 aromatic rings. The number of carbonyl (C=O) groups is 2. The van der Waals surface area contributed by atoms with E-state index >= 15 is 0 Å². The van der Waals surface area contributed by atoms with Crippen LogP contribution in [-0.4, -0.2) is 62.8 Å². The Kier molecular flexibility index (Phi) is 7.24. The molecule has 10 heteroatoms. The molecule has 1 unspecified atom stereocenters. The number of hydrogen-bond donors (Lipinski definition) is 1. The van der Waals surface area contributed by atoms with Crippen molar-refractivity contribution in [1.82, 2.24) is 29.8 Å². The summed E-state index contributed by atoms with van der Waals surface area (Å²) in [5.74, 6) is -0.802. The molecule has 28 heavy (non-hydrogen) atoms. The number of aryl methyl sites for hydroxylation is 1. The molecule has 0 aliphatic carbocycles. The van der Waals surface area contributed by atoms with E-state index in [1.807, 2.05) is 27.0 Å². The zero-order valence-corrected chi connectivity index (χ0v) is 16.5. The van der Waals surface area contributed by atoms with Gasteiger partial charge in [0.25, 0.3) is 12.3 Å². The highest BCUT2D eigenvalue weighted by Crippen LogP contribution is 2.25. The minimum absolute atomic E-state index is 0.0247. The Hall–Kier alpha value is -2.78. The van der Waals surface area contributed by atoms with Crippen LogP contribution < -0.4 is 5.32 Å². The van der Waals surface area contributed by atoms with Gasteiger partial charge in [0, 0.05) is 44.6 Å². The van der Waals surface area contributed by atoms with Gasteiger partial charge in [-0.3, -0.25) is 19.0 Å². The second-order valence-electron chi connectivity index (χ2n) is 6.88. The highest BCUT2D eigenvalue weighted by atomic mass is 19.3. The maximum absolute atomic E-state index is 13.1. The lowest BCUT2D eigenvalue weighted by molar-refractivity contribution is -0.121. The van der Waals surface area contributed by atoms with E-state index in [9.17, 15) is 18.4 Å². The quantitative estimate of drug-likeness (QED) is 0.696. The van der Waals surface area contributed by atoms with Gasteiger partial charge in [0.05, 0.1) is 6.54 Å². The molecule has 154 valence electrons. The molecule has 1 atom stereocenters. The molecule has 8 nitrogen and oxygen atoms in total. The number of nitrogens with one attached hydrogen (secondary N) is 1. The van der Waals surface area contributed by atoms with E-state index < -0.39 is 18.9 Å². The van der Waals surface area contributed by atoms with Gasteiger partial charge in [-0.1, -0.05) is 13.8 Å². The molecule has 0 saturated carbocycles. The number of rotatable bonds is 9. The van der Waals surface area contributed by atoms with E-state index in [4.69, 9.17) is 0 Å². The van der Waals surface area contributed by atoms with Crippen LogP contribution in [0.2, 0.25) is 0 Å². The second kappa shape index (κ2) is 9.43. The Balaban J connectivity index is 2.33. The molecular weight excluding hydrogens is 370 g/mol. The molecular formula is C18H26F2N6O2. The van der Waals surface area contributed by atoms with Crippen molar-refractivity contribution in [3.63, 3.8) is 0 Å². The SMILES string of the molecule is CNC(=O)CN(CC(c1ccnn1C)C(C)C)C(=O)c1ccnn1CC(F)F. The van der Waals surface area contributed by atoms with Crippen LogP contribution in [0.15, 0.2) is 24.5 Å². The summed E-state index contributed by atoms with van der Waals surface area (Å²) in [7, 11) is 3.29. The highest BCUT2D eigenvalue weighted by molar-refractivity contribution is 5.95. The van der Waals surface area contributed by atoms with Gasteiger partial charge < -0.3 is 10.2 Å². The van der Waals surface area contributed by atoms with Crippen LogP contribution in [0.25, 0.3) is 0 Å². The van der Waals surface area contributed by atoms with Crippen molar-refractivity contribution in [3.8, 4) is 0 Å². The van der Waals surface area contributed by atoms with E-state index in [0.29, 0.717) is 0 Å². The maximum Gasteiger partial charge on any atom is 0.272 e. The summed E-state index contributed by atoms with van der Waals surface area (Å²) in [6.07, 6.45) is 0.332. The van der Waals surface area contributed by atoms with Crippen LogP contribution in [0.3, 0.4) is 0 Å². The topological polar surface area (TPSA) is 85.1 Å². The number of alkyl halides is 2. The molecule has 0 spiro atoms. The first kappa shape index (κ1) is 21.5. The number of aromatic nitrogens is 4. The lowest BCUT2D eigenvalue weighted by Crippen LogP contribution is -2.43. The second-order valence-corrected chi connectivity index (χ2v) is 6.88. The summed E-state index contributed by atoms with van der Waals surface area (Å²) in [6, 6.07) is 3.25. The monoisotopic (exact) mass is 396 g/mol. The van der Waals surface area contributed by atoms with Crippen LogP contribution in [0.1, 0.15) is 35.9 Å². The van der Waals surface area contributed by atoms with Gasteiger partial charge in [-0.05, 0) is 18.1 Å². The fraction of sp³-hybridized carbons (Fsp3) is 0.556. The van der Waals surface area contributed by atoms with Gasteiger partial charge in [0.15, 0.2) is 0 Å². The fourth-order valence-corrected chi connectivity index (χ4v) is 3.06. The summed E-state index contributed by atoms with van der Waals surface area (Å²) in [6.45, 7) is 3.40. The molecule has 0 aliphatic heterocycles. The summed E-state index contributed by atoms with van der Waals surface area (Å²) in [4.78, 5) is 26.5. The molecule has 0 aliphatic rings. The third-order valence-electron chi connectivity index (χ3n) is 4.61. The average molecular weight is 396 g/mol. The maximum atomic E-state index is 13.1. The van der Waals surface area contributed by atoms with E-state index in [-0.39, 0.29) is 36.5 Å². The van der Waals surface area contributed by atoms with Crippen LogP contribution in [0, 0.1) is 5.92 Å². The molecule has 2 amide bonds. The minimum atomic E-state index is -2.64. The van der Waals surface area contributed by atoms with Crippen LogP contribution in [0.5, 0.6) is 0 Å². The zero-order valence-electron chi connectivity index (χ0n) is 16.5. The van der Waals surface area contributed by atoms with Crippen molar-refractivity contribution < 1.29 is 18.4 Å². The lowest BCUT2D eigenvalue weighted by atomic mass is 9.91. The Morgan fingerprint density at radius 3 is 2.43 bits per heavy atom. The molecule has 2 rings (SSSR count). The van der Waals surface area contributed by atoms with E-state index in [0.717, 1.165) is 10.4 Å². The fourth-order valence-electron chi connectivity index (χ4n) is 3.06. The number of likely N-dealkylation sites (N-methyl/N-ethyl adjacent to an activating group) is 1. The molecule has 1 N–H and O–H groups in total. The summed E-state index contributed by atoms with van der Waals surface area (Å²) >= 11 is 0. The third kappa shape index (κ3) is 5.14. The number of nitrogens with zero attached hydrogens (tertiary/aromatic N) is 5. The molecule has 0 fully saturated rings. The molecule has 0 aromatic carbocycles. The van der Waals surface area contributed by atoms with Gasteiger partial charge in [0.2, 0.25) is 5.91 Å². The van der Waals surface area contributed by atoms with E-state index in [2.05, 4.69) is 15.5 Å². The Morgan fingerprint density at radius 1 is 1.21 bits per heavy atom. The first-order valence-corrected chi connectivity index (χ1v) is 9.02. The summed E-state index contributed by atoms with van der Waals surface area (Å²) < 4.78 is 28.3. The van der Waals surface area contributed by atoms with Gasteiger partial charge in [-0.2, -0.15) is 10.2 Å². The lowest BCUT2D eigenvalue weighted by Gasteiger charge is -2.29. The molecule has 2 heterocycles. The molecule has 0 saturated heterocycles. The predicted octanol–water partition coefficient (Wildman–Crippen LogP) is 1.51. The molecule has 0 radical (unpaired) electrons. The number of amides is 2. The summed E-state index contributed by atoms with van der Waals surface area (Å²) in [5, 5.41) is 10.5. The summed E-state index contributed by atoms with van der Waals surface area (Å²) in [5.41, 5.74) is 0.947. The Bertz CT molecular complexity index is 802. The van der Waals surface area contributed by atoms with Crippen molar-refractivity contribution in [2.24, 2.45) is 13.0 Å². The average Bonchev–Trinajstić information content (AvgIpc) is 3.25. The predicted molar refractivity (Wildman–Crippen MR) is 99.0 cm³/mol. The number of hydrogen-bond acceptors (Lipinski definition) is 4. The number of carbonyl (C=O) groups excluding carboxylic acids is 2. The van der Waals surface area contributed by atoms with Crippen molar-refractivity contribution in [1.29, 1.82) is 0 Å². The van der Waals surface area contributed by atoms with Crippen molar-refractivity contribution >= 4 is 11.8 Å². The third-order valence-corrected chi connectivity index (χ3v) is 4.61. The smallest absolute Gasteiger partial charge is 0.272 e. The van der Waals surface area contributed by atoms with Crippen molar-refractivity contribution in [2.75, 3.05) is 20.1 Å². The Morgan fingerprint density at radius 2 is 1.89 bits per heavy atom. The molecule has 0 bridgehead atoms. The van der Waals surface area contributed by atoms with Crippen LogP contribution in [-0.2, 0) is 18.4 Å². The van der Waals surface area contributed by atoms with Gasteiger partial charge in [0.1, 0.15) is 12.2 Å². The van der Waals surface area contributed by atoms with Gasteiger partial charge in [-0.25, -0.2) is 8.78 Å². The zero-order chi connectivity index (χ0) is 20.8. The standard InChI is InChI=1S/C18H26F2N6O2/c1-12(2)13(14-5-7-22-24(14)4)9-25(11-17(27)21-3)18(28)15-6-8-23-26(15)10-16(19)20/h5-8,12-13,16H,9-11H2,1-4H3,(H,21,27). The van der Waals surface area contributed by atoms with Crippen molar-refractivity contribution in [3.05, 3.63) is 35.9 Å². The Labute approximate surface area is 162 Å². The van der Waals surface area contributed by atoms with Gasteiger partial charge in [-0.15, -0.1) is 0 Å². The normalized spacial score (nSPS) is 12.4. The first-order valence-electron chi connectivity index (χ1n) is 9.02. The van der Waals surface area contributed by atoms with Gasteiger partial charge >= 0.3 is 0 Å². The van der Waals surface area contributed by atoms with E-state index in [1.165, 1.54) is 24.2 Å². The van der Waals surface area contributed by atoms with Crippen LogP contribution >= 0.6 is 0 Å². The highest BCUT2D eigenvalue weighted by Gasteiger charge is 2.28. The van der Waals surface area contributed by atoms with E-state index in [1.54, 1.807) is 10.9 Å². The largest absolute Gasteiger partial charge is 0.358 e. The van der Waals surface area contributed by atoms with Crippen LogP contribution in [0.4, 0.5) is 8.78 Å². The van der Waals surface area contributed by atoms with Crippen molar-refractivity contribution in [2.45, 2.75) is 32.7 Å². The number of halogens is 2. The molecule has 2 aromatic heterocycles. The first-order chi connectivity index (χ1) is 13.2.